The number of piperidine rings is 1. The van der Waals surface area contributed by atoms with E-state index in [4.69, 9.17) is 4.74 Å². The van der Waals surface area contributed by atoms with Crippen LogP contribution in [-0.4, -0.2) is 51.2 Å². The number of halogens is 1. The summed E-state index contributed by atoms with van der Waals surface area (Å²) in [7, 11) is 0. The van der Waals surface area contributed by atoms with Gasteiger partial charge in [-0.3, -0.25) is 4.79 Å². The van der Waals surface area contributed by atoms with E-state index in [0.717, 1.165) is 52.4 Å². The van der Waals surface area contributed by atoms with Crippen LogP contribution in [-0.2, 0) is 20.9 Å². The molecule has 1 N–H and O–H groups in total. The highest BCUT2D eigenvalue weighted by Gasteiger charge is 2.33. The van der Waals surface area contributed by atoms with Gasteiger partial charge in [0.1, 0.15) is 22.9 Å². The van der Waals surface area contributed by atoms with E-state index >= 15 is 0 Å². The van der Waals surface area contributed by atoms with Crippen molar-refractivity contribution in [1.82, 2.24) is 9.47 Å². The van der Waals surface area contributed by atoms with Crippen LogP contribution in [0, 0.1) is 12.8 Å². The van der Waals surface area contributed by atoms with Crippen molar-refractivity contribution < 1.29 is 19.4 Å². The second-order valence-corrected chi connectivity index (χ2v) is 12.2. The van der Waals surface area contributed by atoms with E-state index in [1.54, 1.807) is 6.92 Å². The van der Waals surface area contributed by atoms with Gasteiger partial charge >= 0.3 is 5.97 Å². The SMILES string of the molecule is CCOC(=O)C1=C(O)/C(=C/c2cn(CC(=O)N3CCC(C)CC3)c3ccc(Br)cc23)SC1=Nc1ccc(C)cc1. The molecule has 1 fully saturated rings. The first kappa shape index (κ1) is 28.2. The summed E-state index contributed by atoms with van der Waals surface area (Å²) < 4.78 is 8.11. The number of aliphatic imine (C=N–C) groups is 1. The third-order valence-corrected chi connectivity index (χ3v) is 8.75. The number of rotatable bonds is 6. The molecule has 1 amide bonds. The predicted octanol–water partition coefficient (Wildman–Crippen LogP) is 7.16. The number of amides is 1. The van der Waals surface area contributed by atoms with Gasteiger partial charge in [-0.2, -0.15) is 0 Å². The van der Waals surface area contributed by atoms with Crippen LogP contribution < -0.4 is 0 Å². The van der Waals surface area contributed by atoms with Gasteiger partial charge in [0.15, 0.2) is 0 Å². The standard InChI is InChI=1S/C31H32BrN3O4S/c1-4-39-31(38)28-29(37)26(40-30(28)33-23-8-5-19(2)6-9-23)15-21-17-35(25-10-7-22(32)16-24(21)25)18-27(36)34-13-11-20(3)12-14-34/h5-10,15-17,20,37H,4,11-14,18H2,1-3H3/b26-15-,33-30?. The average Bonchev–Trinajstić information content (AvgIpc) is 3.41. The lowest BCUT2D eigenvalue weighted by molar-refractivity contribution is -0.138. The van der Waals surface area contributed by atoms with Crippen molar-refractivity contribution in [3.8, 4) is 0 Å². The van der Waals surface area contributed by atoms with Crippen LogP contribution in [0.25, 0.3) is 17.0 Å². The Morgan fingerprint density at radius 1 is 1.18 bits per heavy atom. The van der Waals surface area contributed by atoms with Crippen molar-refractivity contribution in [2.24, 2.45) is 10.9 Å². The van der Waals surface area contributed by atoms with Crippen LogP contribution in [0.15, 0.2) is 74.4 Å². The van der Waals surface area contributed by atoms with Crippen molar-refractivity contribution in [2.45, 2.75) is 40.2 Å². The molecule has 1 saturated heterocycles. The molecule has 0 atom stereocenters. The van der Waals surface area contributed by atoms with Gasteiger partial charge in [0.2, 0.25) is 5.91 Å². The number of aryl methyl sites for hydroxylation is 1. The minimum absolute atomic E-state index is 0.0538. The molecule has 2 aromatic carbocycles. The summed E-state index contributed by atoms with van der Waals surface area (Å²) in [5.41, 5.74) is 3.57. The van der Waals surface area contributed by atoms with Crippen molar-refractivity contribution in [3.63, 3.8) is 0 Å². The molecule has 1 aromatic heterocycles. The second kappa shape index (κ2) is 12.1. The van der Waals surface area contributed by atoms with Crippen molar-refractivity contribution in [2.75, 3.05) is 19.7 Å². The van der Waals surface area contributed by atoms with Crippen LogP contribution in [0.5, 0.6) is 0 Å². The summed E-state index contributed by atoms with van der Waals surface area (Å²) in [5.74, 6) is -0.0336. The molecule has 0 spiro atoms. The highest BCUT2D eigenvalue weighted by molar-refractivity contribution is 9.10. The number of esters is 1. The third-order valence-electron chi connectivity index (χ3n) is 7.24. The Morgan fingerprint density at radius 3 is 2.60 bits per heavy atom. The lowest BCUT2D eigenvalue weighted by atomic mass is 9.99. The van der Waals surface area contributed by atoms with Crippen LogP contribution >= 0.6 is 27.7 Å². The topological polar surface area (TPSA) is 84.1 Å². The van der Waals surface area contributed by atoms with E-state index in [2.05, 4.69) is 27.8 Å². The fourth-order valence-corrected chi connectivity index (χ4v) is 6.30. The van der Waals surface area contributed by atoms with Gasteiger partial charge in [0, 0.05) is 40.2 Å². The van der Waals surface area contributed by atoms with E-state index in [0.29, 0.717) is 21.6 Å². The molecule has 3 heterocycles. The molecule has 0 saturated carbocycles. The average molecular weight is 623 g/mol. The number of aromatic nitrogens is 1. The summed E-state index contributed by atoms with van der Waals surface area (Å²) in [6, 6.07) is 13.6. The molecule has 2 aliphatic heterocycles. The molecule has 9 heteroatoms. The van der Waals surface area contributed by atoms with Crippen LogP contribution in [0.2, 0.25) is 0 Å². The molecule has 2 aliphatic rings. The smallest absolute Gasteiger partial charge is 0.344 e. The lowest BCUT2D eigenvalue weighted by Gasteiger charge is -2.30. The molecule has 0 bridgehead atoms. The van der Waals surface area contributed by atoms with Crippen molar-refractivity contribution >= 4 is 67.3 Å². The maximum absolute atomic E-state index is 13.2. The van der Waals surface area contributed by atoms with E-state index in [-0.39, 0.29) is 30.4 Å². The first-order valence-electron chi connectivity index (χ1n) is 13.5. The zero-order valence-corrected chi connectivity index (χ0v) is 25.2. The number of carbonyl (C=O) groups excluding carboxylic acids is 2. The summed E-state index contributed by atoms with van der Waals surface area (Å²) in [5, 5.41) is 12.5. The zero-order chi connectivity index (χ0) is 28.4. The van der Waals surface area contributed by atoms with E-state index < -0.39 is 5.97 Å². The van der Waals surface area contributed by atoms with Gasteiger partial charge in [-0.05, 0) is 69.0 Å². The molecule has 0 radical (unpaired) electrons. The zero-order valence-electron chi connectivity index (χ0n) is 22.8. The number of aliphatic hydroxyl groups excluding tert-OH is 1. The van der Waals surface area contributed by atoms with Crippen molar-refractivity contribution in [1.29, 1.82) is 0 Å². The fourth-order valence-electron chi connectivity index (χ4n) is 4.92. The number of fused-ring (bicyclic) bond motifs is 1. The number of benzene rings is 2. The summed E-state index contributed by atoms with van der Waals surface area (Å²) in [6.45, 7) is 7.94. The Labute approximate surface area is 246 Å². The molecular formula is C31H32BrN3O4S. The summed E-state index contributed by atoms with van der Waals surface area (Å²) in [4.78, 5) is 33.1. The number of likely N-dealkylation sites (tertiary alicyclic amines) is 1. The minimum Gasteiger partial charge on any atom is -0.506 e. The molecule has 0 unspecified atom stereocenters. The van der Waals surface area contributed by atoms with Gasteiger partial charge in [0.05, 0.1) is 17.2 Å². The molecule has 7 nitrogen and oxygen atoms in total. The number of carbonyl (C=O) groups is 2. The Bertz CT molecular complexity index is 1550. The molecule has 40 heavy (non-hydrogen) atoms. The first-order chi connectivity index (χ1) is 19.2. The van der Waals surface area contributed by atoms with Crippen LogP contribution in [0.4, 0.5) is 5.69 Å². The number of aliphatic hydroxyl groups is 1. The minimum atomic E-state index is -0.617. The summed E-state index contributed by atoms with van der Waals surface area (Å²) >= 11 is 4.79. The molecule has 5 rings (SSSR count). The van der Waals surface area contributed by atoms with E-state index in [1.807, 2.05) is 71.1 Å². The van der Waals surface area contributed by atoms with E-state index in [1.165, 1.54) is 11.8 Å². The lowest BCUT2D eigenvalue weighted by Crippen LogP contribution is -2.39. The Hall–Kier alpha value is -3.30. The quantitative estimate of drug-likeness (QED) is 0.295. The van der Waals surface area contributed by atoms with Gasteiger partial charge in [0.25, 0.3) is 0 Å². The number of hydrogen-bond acceptors (Lipinski definition) is 6. The summed E-state index contributed by atoms with van der Waals surface area (Å²) in [6.07, 6.45) is 5.83. The maximum atomic E-state index is 13.2. The van der Waals surface area contributed by atoms with Crippen LogP contribution in [0.3, 0.4) is 0 Å². The largest absolute Gasteiger partial charge is 0.506 e. The maximum Gasteiger partial charge on any atom is 0.344 e. The van der Waals surface area contributed by atoms with Crippen LogP contribution in [0.1, 0.15) is 37.8 Å². The van der Waals surface area contributed by atoms with E-state index in [9.17, 15) is 14.7 Å². The number of thioether (sulfide) groups is 1. The normalized spacial score (nSPS) is 18.4. The number of nitrogens with zero attached hydrogens (tertiary/aromatic N) is 3. The Morgan fingerprint density at radius 2 is 1.90 bits per heavy atom. The highest BCUT2D eigenvalue weighted by Crippen LogP contribution is 2.41. The van der Waals surface area contributed by atoms with Gasteiger partial charge in [-0.25, -0.2) is 9.79 Å². The van der Waals surface area contributed by atoms with Crippen molar-refractivity contribution in [3.05, 3.63) is 80.5 Å². The molecule has 208 valence electrons. The molecule has 3 aromatic rings. The highest BCUT2D eigenvalue weighted by atomic mass is 79.9. The number of ether oxygens (including phenoxy) is 1. The fraction of sp³-hybridized carbons (Fsp3) is 0.323. The Balaban J connectivity index is 1.52. The molecular weight excluding hydrogens is 590 g/mol. The monoisotopic (exact) mass is 621 g/mol. The second-order valence-electron chi connectivity index (χ2n) is 10.2. The number of hydrogen-bond donors (Lipinski definition) is 1. The van der Waals surface area contributed by atoms with Gasteiger partial charge in [-0.1, -0.05) is 52.3 Å². The third kappa shape index (κ3) is 6.05. The molecule has 0 aliphatic carbocycles. The first-order valence-corrected chi connectivity index (χ1v) is 15.1. The Kier molecular flexibility index (Phi) is 8.51. The predicted molar refractivity (Wildman–Crippen MR) is 165 cm³/mol. The van der Waals surface area contributed by atoms with Gasteiger partial charge < -0.3 is 19.3 Å². The van der Waals surface area contributed by atoms with Gasteiger partial charge in [-0.15, -0.1) is 0 Å².